The zero-order valence-electron chi connectivity index (χ0n) is 34.7. The minimum absolute atomic E-state index is 0.0610. The van der Waals surface area contributed by atoms with E-state index in [-0.39, 0.29) is 59.5 Å². The third-order valence-corrected chi connectivity index (χ3v) is 10.00. The number of phenols is 1. The highest BCUT2D eigenvalue weighted by Gasteiger charge is 2.21. The quantitative estimate of drug-likeness (QED) is 0.0414. The maximum absolute atomic E-state index is 13.6. The largest absolute Gasteiger partial charge is 0.507 e. The first-order chi connectivity index (χ1) is 30.5. The second-order valence-corrected chi connectivity index (χ2v) is 14.6. The molecule has 2 heterocycles. The first-order valence-corrected chi connectivity index (χ1v) is 20.4. The van der Waals surface area contributed by atoms with Crippen LogP contribution in [0, 0.1) is 0 Å². The van der Waals surface area contributed by atoms with Crippen LogP contribution in [0.3, 0.4) is 0 Å². The lowest BCUT2D eigenvalue weighted by molar-refractivity contribution is 0.0954. The van der Waals surface area contributed by atoms with Crippen molar-refractivity contribution in [1.82, 2.24) is 25.3 Å². The van der Waals surface area contributed by atoms with Gasteiger partial charge in [-0.1, -0.05) is 18.2 Å². The van der Waals surface area contributed by atoms with Gasteiger partial charge in [-0.15, -0.1) is 0 Å². The minimum atomic E-state index is -0.543. The van der Waals surface area contributed by atoms with Gasteiger partial charge >= 0.3 is 0 Å². The number of para-hydroxylation sites is 1. The van der Waals surface area contributed by atoms with Crippen molar-refractivity contribution in [2.45, 2.75) is 12.8 Å². The zero-order valence-corrected chi connectivity index (χ0v) is 37.9. The molecule has 4 N–H and O–H groups in total. The van der Waals surface area contributed by atoms with Crippen molar-refractivity contribution in [3.63, 3.8) is 0 Å². The fourth-order valence-corrected chi connectivity index (χ4v) is 6.53. The number of hydrogen-bond acceptors (Lipinski definition) is 17. The Balaban J connectivity index is 1.12. The number of ketones is 1. The first-order valence-electron chi connectivity index (χ1n) is 18.8. The Morgan fingerprint density at radius 1 is 0.651 bits per heavy atom. The van der Waals surface area contributed by atoms with Crippen molar-refractivity contribution in [3.05, 3.63) is 99.2 Å². The molecule has 0 aliphatic carbocycles. The van der Waals surface area contributed by atoms with E-state index in [0.717, 1.165) is 0 Å². The smallest absolute Gasteiger partial charge is 0.258 e. The fourth-order valence-electron chi connectivity index (χ4n) is 5.99. The molecule has 328 valence electrons. The van der Waals surface area contributed by atoms with E-state index in [1.165, 1.54) is 73.2 Å². The van der Waals surface area contributed by atoms with Crippen LogP contribution < -0.4 is 53.8 Å². The molecule has 4 aromatic carbocycles. The number of anilines is 4. The van der Waals surface area contributed by atoms with Crippen molar-refractivity contribution < 1.29 is 52.6 Å². The lowest BCUT2D eigenvalue weighted by Gasteiger charge is -2.17. The third kappa shape index (κ3) is 10.9. The Bertz CT molecular complexity index is 2590. The molecule has 6 aromatic rings. The van der Waals surface area contributed by atoms with Gasteiger partial charge in [0, 0.05) is 49.1 Å². The number of hydrogen-bond donors (Lipinski definition) is 4. The predicted octanol–water partition coefficient (Wildman–Crippen LogP) is 9.01. The van der Waals surface area contributed by atoms with Gasteiger partial charge in [-0.05, 0) is 62.5 Å². The minimum Gasteiger partial charge on any atom is -0.507 e. The van der Waals surface area contributed by atoms with Crippen LogP contribution in [-0.2, 0) is 0 Å². The summed E-state index contributed by atoms with van der Waals surface area (Å²) in [7, 11) is 8.97. The topological polar surface area (TPSA) is 216 Å². The lowest BCUT2D eigenvalue weighted by atomic mass is 10.1. The van der Waals surface area contributed by atoms with Crippen LogP contribution in [0.15, 0.2) is 88.1 Å². The molecule has 1 amide bonds. The van der Waals surface area contributed by atoms with E-state index >= 15 is 0 Å². The molecule has 0 saturated heterocycles. The van der Waals surface area contributed by atoms with E-state index in [1.807, 2.05) is 0 Å². The summed E-state index contributed by atoms with van der Waals surface area (Å²) >= 11 is 6.84. The molecule has 0 saturated carbocycles. The number of amides is 1. The highest BCUT2D eigenvalue weighted by Crippen LogP contribution is 2.43. The van der Waals surface area contributed by atoms with Crippen LogP contribution in [0.5, 0.6) is 63.5 Å². The lowest BCUT2D eigenvalue weighted by Crippen LogP contribution is -2.18. The van der Waals surface area contributed by atoms with Gasteiger partial charge in [0.05, 0.1) is 69.1 Å². The zero-order chi connectivity index (χ0) is 45.0. The molecule has 0 fully saturated rings. The van der Waals surface area contributed by atoms with Gasteiger partial charge in [0.1, 0.15) is 22.8 Å². The normalized spacial score (nSPS) is 10.6. The molecule has 0 aliphatic heterocycles. The highest BCUT2D eigenvalue weighted by molar-refractivity contribution is 9.10. The average Bonchev–Trinajstić information content (AvgIpc) is 3.29. The summed E-state index contributed by atoms with van der Waals surface area (Å²) < 4.78 is 46.7. The molecule has 6 rings (SSSR count). The number of nitrogens with zero attached hydrogens (tertiary/aromatic N) is 4. The van der Waals surface area contributed by atoms with Crippen molar-refractivity contribution >= 4 is 66.8 Å². The standard InChI is InChI=1S/C43H41Br2N7O11/c1-46-39(55)36-29(54)12-9-15-31(36)63-41-27(45)22-48-43(52-41)50-24-19-34(58-4)38(60-6)35(20-24)61-16-10-13-28(53)25-11-7-8-14-30(25)62-40-26(44)21-47-42(51-40)49-23-17-32(56-2)37(59-5)33(18-23)57-3/h7-9,11-12,14-15,17-22,54H,10,13,16H2,1-6H3,(H,46,55)(H,47,49,51)(H,48,50,52). The number of halogens is 2. The van der Waals surface area contributed by atoms with E-state index in [0.29, 0.717) is 72.6 Å². The Kier molecular flexibility index (Phi) is 15.3. The average molecular weight is 992 g/mol. The Labute approximate surface area is 378 Å². The van der Waals surface area contributed by atoms with E-state index in [9.17, 15) is 14.7 Å². The molecule has 0 atom stereocenters. The molecule has 0 aliphatic rings. The number of methoxy groups -OCH3 is 5. The summed E-state index contributed by atoms with van der Waals surface area (Å²) in [6.45, 7) is 0.134. The number of carbonyl (C=O) groups is 2. The van der Waals surface area contributed by atoms with Gasteiger partial charge in [0.15, 0.2) is 28.8 Å². The number of Topliss-reactive ketones (excluding diaryl/α,β-unsaturated/α-hetero) is 1. The third-order valence-electron chi connectivity index (χ3n) is 8.91. The van der Waals surface area contributed by atoms with E-state index in [2.05, 4.69) is 67.7 Å². The highest BCUT2D eigenvalue weighted by atomic mass is 79.9. The van der Waals surface area contributed by atoms with Crippen molar-refractivity contribution in [1.29, 1.82) is 0 Å². The first kappa shape index (κ1) is 45.5. The fraction of sp³-hybridized carbons (Fsp3) is 0.209. The SMILES string of the molecule is CNC(=O)c1c(O)cccc1Oc1nc(Nc2cc(OC)c(OC)c(OCCCC(=O)c3ccccc3Oc3nc(Nc4cc(OC)c(OC)c(OC)c4)ncc3Br)c2)ncc1Br. The Morgan fingerprint density at radius 2 is 1.16 bits per heavy atom. The summed E-state index contributed by atoms with van der Waals surface area (Å²) in [5, 5.41) is 19.1. The van der Waals surface area contributed by atoms with Gasteiger partial charge in [0.25, 0.3) is 5.91 Å². The number of aromatic hydroxyl groups is 1. The van der Waals surface area contributed by atoms with Gasteiger partial charge in [0.2, 0.25) is 35.2 Å². The molecule has 20 heteroatoms. The Hall–Kier alpha value is -7.06. The van der Waals surface area contributed by atoms with Crippen LogP contribution in [-0.4, -0.2) is 85.9 Å². The van der Waals surface area contributed by atoms with Gasteiger partial charge < -0.3 is 59.0 Å². The molecule has 0 spiro atoms. The van der Waals surface area contributed by atoms with E-state index in [1.54, 1.807) is 48.5 Å². The summed E-state index contributed by atoms with van der Waals surface area (Å²) in [4.78, 5) is 43.8. The van der Waals surface area contributed by atoms with Crippen LogP contribution in [0.4, 0.5) is 23.3 Å². The molecule has 0 radical (unpaired) electrons. The maximum Gasteiger partial charge on any atom is 0.258 e. The molecule has 0 unspecified atom stereocenters. The van der Waals surface area contributed by atoms with Crippen molar-refractivity contribution in [3.8, 4) is 63.5 Å². The summed E-state index contributed by atoms with van der Waals surface area (Å²) in [5.74, 6) is 2.26. The van der Waals surface area contributed by atoms with E-state index < -0.39 is 5.91 Å². The number of ether oxygens (including phenoxy) is 8. The van der Waals surface area contributed by atoms with Crippen molar-refractivity contribution in [2.24, 2.45) is 0 Å². The molecule has 18 nitrogen and oxygen atoms in total. The molecule has 2 aromatic heterocycles. The summed E-state index contributed by atoms with van der Waals surface area (Å²) in [6.07, 6.45) is 3.44. The maximum atomic E-state index is 13.6. The van der Waals surface area contributed by atoms with Crippen LogP contribution in [0.25, 0.3) is 0 Å². The molecule has 0 bridgehead atoms. The summed E-state index contributed by atoms with van der Waals surface area (Å²) in [6, 6.07) is 18.1. The number of nitrogens with one attached hydrogen (secondary N) is 3. The number of benzene rings is 4. The van der Waals surface area contributed by atoms with Gasteiger partial charge in [-0.3, -0.25) is 9.59 Å². The Morgan fingerprint density at radius 3 is 1.70 bits per heavy atom. The van der Waals surface area contributed by atoms with Gasteiger partial charge in [-0.25, -0.2) is 9.97 Å². The number of rotatable bonds is 20. The van der Waals surface area contributed by atoms with Crippen LogP contribution in [0.2, 0.25) is 0 Å². The van der Waals surface area contributed by atoms with Crippen molar-refractivity contribution in [2.75, 3.05) is 59.8 Å². The van der Waals surface area contributed by atoms with E-state index in [4.69, 9.17) is 37.9 Å². The van der Waals surface area contributed by atoms with Crippen LogP contribution in [0.1, 0.15) is 33.6 Å². The number of carbonyl (C=O) groups excluding carboxylic acids is 2. The molecular formula is C43H41Br2N7O11. The number of phenolic OH excluding ortho intramolecular Hbond substituents is 1. The monoisotopic (exact) mass is 989 g/mol. The number of aromatic nitrogens is 4. The summed E-state index contributed by atoms with van der Waals surface area (Å²) in [5.41, 5.74) is 1.33. The second kappa shape index (κ2) is 21.1. The van der Waals surface area contributed by atoms with Gasteiger partial charge in [-0.2, -0.15) is 9.97 Å². The van der Waals surface area contributed by atoms with Crippen LogP contribution >= 0.6 is 31.9 Å². The second-order valence-electron chi connectivity index (χ2n) is 12.9. The predicted molar refractivity (Wildman–Crippen MR) is 239 cm³/mol. The molecule has 63 heavy (non-hydrogen) atoms. The molecular weight excluding hydrogens is 950 g/mol.